The molecular formula is C15H20N4O2. The van der Waals surface area contributed by atoms with Crippen molar-refractivity contribution < 1.29 is 9.90 Å². The van der Waals surface area contributed by atoms with Gasteiger partial charge in [-0.3, -0.25) is 4.79 Å². The number of carboxylic acid groups (broad SMARTS) is 1. The predicted octanol–water partition coefficient (Wildman–Crippen LogP) is 2.52. The summed E-state index contributed by atoms with van der Waals surface area (Å²) < 4.78 is 1.83. The van der Waals surface area contributed by atoms with Gasteiger partial charge in [0.05, 0.1) is 11.6 Å². The Bertz CT molecular complexity index is 665. The number of aliphatic carboxylic acids is 1. The molecule has 2 aromatic rings. The molecule has 0 saturated heterocycles. The maximum Gasteiger partial charge on any atom is 0.306 e. The minimum atomic E-state index is -0.697. The largest absolute Gasteiger partial charge is 0.481 e. The molecule has 2 atom stereocenters. The van der Waals surface area contributed by atoms with Crippen molar-refractivity contribution >= 4 is 17.3 Å². The standard InChI is InChI=1S/C15H20N4O2/c1-9(2)12-8-13-14(16-5-6-19(13)18-12)17-11-4-3-10(7-11)15(20)21/h5-6,8-11H,3-4,7H2,1-2H3,(H,16,17)(H,20,21). The molecule has 6 heteroatoms. The molecule has 0 spiro atoms. The predicted molar refractivity (Wildman–Crippen MR) is 79.5 cm³/mol. The zero-order valence-corrected chi connectivity index (χ0v) is 12.3. The van der Waals surface area contributed by atoms with E-state index in [0.717, 1.165) is 29.9 Å². The second-order valence-electron chi connectivity index (χ2n) is 6.02. The van der Waals surface area contributed by atoms with Crippen molar-refractivity contribution in [1.29, 1.82) is 0 Å². The average molecular weight is 288 g/mol. The summed E-state index contributed by atoms with van der Waals surface area (Å²) in [5, 5.41) is 17.0. The average Bonchev–Trinajstić information content (AvgIpc) is 3.05. The smallest absolute Gasteiger partial charge is 0.306 e. The van der Waals surface area contributed by atoms with Crippen molar-refractivity contribution in [3.05, 3.63) is 24.2 Å². The maximum absolute atomic E-state index is 11.0. The summed E-state index contributed by atoms with van der Waals surface area (Å²) in [4.78, 5) is 15.4. The van der Waals surface area contributed by atoms with Gasteiger partial charge in [-0.15, -0.1) is 0 Å². The van der Waals surface area contributed by atoms with E-state index in [1.807, 2.05) is 16.8 Å². The van der Waals surface area contributed by atoms with Crippen LogP contribution in [-0.2, 0) is 4.79 Å². The van der Waals surface area contributed by atoms with Crippen LogP contribution in [0.2, 0.25) is 0 Å². The summed E-state index contributed by atoms with van der Waals surface area (Å²) in [6, 6.07) is 2.21. The number of fused-ring (bicyclic) bond motifs is 1. The van der Waals surface area contributed by atoms with Crippen LogP contribution in [-0.4, -0.2) is 31.7 Å². The summed E-state index contributed by atoms with van der Waals surface area (Å²) in [7, 11) is 0. The Kier molecular flexibility index (Phi) is 3.53. The summed E-state index contributed by atoms with van der Waals surface area (Å²) in [6.07, 6.45) is 5.80. The molecule has 1 fully saturated rings. The van der Waals surface area contributed by atoms with Crippen LogP contribution in [0, 0.1) is 5.92 Å². The van der Waals surface area contributed by atoms with Crippen molar-refractivity contribution in [2.75, 3.05) is 5.32 Å². The molecule has 1 aliphatic carbocycles. The zero-order chi connectivity index (χ0) is 15.0. The number of nitrogens with zero attached hydrogens (tertiary/aromatic N) is 3. The van der Waals surface area contributed by atoms with E-state index < -0.39 is 5.97 Å². The SMILES string of the molecule is CC(C)c1cc2c(NC3CCC(C(=O)O)C3)nccn2n1. The fourth-order valence-electron chi connectivity index (χ4n) is 2.86. The Balaban J connectivity index is 1.82. The van der Waals surface area contributed by atoms with Gasteiger partial charge >= 0.3 is 5.97 Å². The van der Waals surface area contributed by atoms with Crippen LogP contribution in [0.5, 0.6) is 0 Å². The molecule has 2 heterocycles. The topological polar surface area (TPSA) is 79.5 Å². The second-order valence-corrected chi connectivity index (χ2v) is 6.02. The molecule has 0 aliphatic heterocycles. The zero-order valence-electron chi connectivity index (χ0n) is 12.3. The number of hydrogen-bond donors (Lipinski definition) is 2. The highest BCUT2D eigenvalue weighted by atomic mass is 16.4. The highest BCUT2D eigenvalue weighted by Crippen LogP contribution is 2.29. The lowest BCUT2D eigenvalue weighted by Crippen LogP contribution is -2.19. The number of rotatable bonds is 4. The van der Waals surface area contributed by atoms with Crippen molar-refractivity contribution in [3.8, 4) is 0 Å². The Morgan fingerprint density at radius 3 is 2.95 bits per heavy atom. The normalized spacial score (nSPS) is 22.0. The van der Waals surface area contributed by atoms with E-state index in [1.165, 1.54) is 0 Å². The van der Waals surface area contributed by atoms with Crippen LogP contribution in [0.4, 0.5) is 5.82 Å². The van der Waals surface area contributed by atoms with Gasteiger partial charge in [-0.25, -0.2) is 9.50 Å². The number of carbonyl (C=O) groups is 1. The number of carboxylic acids is 1. The molecule has 112 valence electrons. The van der Waals surface area contributed by atoms with Crippen molar-refractivity contribution in [2.24, 2.45) is 5.92 Å². The van der Waals surface area contributed by atoms with Gasteiger partial charge in [0.1, 0.15) is 5.52 Å². The molecule has 2 aromatic heterocycles. The number of aromatic nitrogens is 3. The van der Waals surface area contributed by atoms with E-state index in [9.17, 15) is 4.79 Å². The quantitative estimate of drug-likeness (QED) is 0.903. The minimum absolute atomic E-state index is 0.169. The number of nitrogens with one attached hydrogen (secondary N) is 1. The molecule has 1 aliphatic rings. The molecule has 0 amide bonds. The molecule has 0 aromatic carbocycles. The Morgan fingerprint density at radius 1 is 1.48 bits per heavy atom. The van der Waals surface area contributed by atoms with Gasteiger partial charge in [-0.1, -0.05) is 13.8 Å². The summed E-state index contributed by atoms with van der Waals surface area (Å²) in [5.74, 6) is 0.212. The first-order valence-electron chi connectivity index (χ1n) is 7.38. The first-order chi connectivity index (χ1) is 10.0. The highest BCUT2D eigenvalue weighted by Gasteiger charge is 2.30. The maximum atomic E-state index is 11.0. The lowest BCUT2D eigenvalue weighted by atomic mass is 10.1. The molecule has 21 heavy (non-hydrogen) atoms. The molecule has 1 saturated carbocycles. The van der Waals surface area contributed by atoms with Crippen molar-refractivity contribution in [1.82, 2.24) is 14.6 Å². The molecule has 2 N–H and O–H groups in total. The Morgan fingerprint density at radius 2 is 2.29 bits per heavy atom. The fourth-order valence-corrected chi connectivity index (χ4v) is 2.86. The third kappa shape index (κ3) is 2.70. The first-order valence-corrected chi connectivity index (χ1v) is 7.38. The lowest BCUT2D eigenvalue weighted by molar-refractivity contribution is -0.141. The van der Waals surface area contributed by atoms with E-state index in [0.29, 0.717) is 12.3 Å². The third-order valence-electron chi connectivity index (χ3n) is 4.12. The van der Waals surface area contributed by atoms with Crippen LogP contribution >= 0.6 is 0 Å². The van der Waals surface area contributed by atoms with Gasteiger partial charge in [-0.05, 0) is 31.2 Å². The summed E-state index contributed by atoms with van der Waals surface area (Å²) in [6.45, 7) is 4.22. The van der Waals surface area contributed by atoms with Crippen LogP contribution in [0.25, 0.3) is 5.52 Å². The second kappa shape index (κ2) is 5.35. The van der Waals surface area contributed by atoms with E-state index in [-0.39, 0.29) is 12.0 Å². The van der Waals surface area contributed by atoms with E-state index >= 15 is 0 Å². The van der Waals surface area contributed by atoms with Crippen LogP contribution in [0.15, 0.2) is 18.5 Å². The van der Waals surface area contributed by atoms with Gasteiger partial charge < -0.3 is 10.4 Å². The van der Waals surface area contributed by atoms with Crippen molar-refractivity contribution in [3.63, 3.8) is 0 Å². The molecule has 6 nitrogen and oxygen atoms in total. The van der Waals surface area contributed by atoms with E-state index in [4.69, 9.17) is 5.11 Å². The van der Waals surface area contributed by atoms with Crippen LogP contribution < -0.4 is 5.32 Å². The van der Waals surface area contributed by atoms with Crippen LogP contribution in [0.1, 0.15) is 44.7 Å². The molecule has 3 rings (SSSR count). The monoisotopic (exact) mass is 288 g/mol. The Hall–Kier alpha value is -2.11. The summed E-state index contributed by atoms with van der Waals surface area (Å²) in [5.41, 5.74) is 1.97. The van der Waals surface area contributed by atoms with Crippen LogP contribution in [0.3, 0.4) is 0 Å². The number of hydrogen-bond acceptors (Lipinski definition) is 4. The van der Waals surface area contributed by atoms with Gasteiger partial charge in [0.15, 0.2) is 5.82 Å². The third-order valence-corrected chi connectivity index (χ3v) is 4.12. The molecule has 0 bridgehead atoms. The Labute approximate surface area is 123 Å². The van der Waals surface area contributed by atoms with Gasteiger partial charge in [0.2, 0.25) is 0 Å². The van der Waals surface area contributed by atoms with Gasteiger partial charge in [0, 0.05) is 18.4 Å². The molecular weight excluding hydrogens is 268 g/mol. The van der Waals surface area contributed by atoms with Gasteiger partial charge in [-0.2, -0.15) is 5.10 Å². The number of anilines is 1. The minimum Gasteiger partial charge on any atom is -0.481 e. The summed E-state index contributed by atoms with van der Waals surface area (Å²) >= 11 is 0. The molecule has 0 radical (unpaired) electrons. The van der Waals surface area contributed by atoms with Crippen molar-refractivity contribution in [2.45, 2.75) is 45.1 Å². The first kappa shape index (κ1) is 13.9. The highest BCUT2D eigenvalue weighted by molar-refractivity contribution is 5.71. The van der Waals surface area contributed by atoms with Gasteiger partial charge in [0.25, 0.3) is 0 Å². The van der Waals surface area contributed by atoms with E-state index in [1.54, 1.807) is 6.20 Å². The molecule has 2 unspecified atom stereocenters. The lowest BCUT2D eigenvalue weighted by Gasteiger charge is -2.13. The fraction of sp³-hybridized carbons (Fsp3) is 0.533. The van der Waals surface area contributed by atoms with E-state index in [2.05, 4.69) is 29.2 Å².